The number of anilines is 1. The molecule has 3 aromatic carbocycles. The third-order valence-electron chi connectivity index (χ3n) is 4.14. The zero-order chi connectivity index (χ0) is 22.4. The van der Waals surface area contributed by atoms with Crippen molar-refractivity contribution < 1.29 is 31.1 Å². The van der Waals surface area contributed by atoms with E-state index in [2.05, 4.69) is 14.8 Å². The van der Waals surface area contributed by atoms with Gasteiger partial charge >= 0.3 is 6.61 Å². The number of carbonyl (C=O) groups excluding carboxylic acids is 1. The number of halogens is 3. The van der Waals surface area contributed by atoms with E-state index in [0.29, 0.717) is 5.56 Å². The molecular weight excluding hydrogens is 433 g/mol. The normalized spacial score (nSPS) is 11.2. The van der Waals surface area contributed by atoms with E-state index in [9.17, 15) is 26.4 Å². The molecule has 0 fully saturated rings. The van der Waals surface area contributed by atoms with Crippen LogP contribution in [0.4, 0.5) is 18.9 Å². The minimum absolute atomic E-state index is 0.00868. The van der Waals surface area contributed by atoms with E-state index in [4.69, 9.17) is 0 Å². The first-order valence-electron chi connectivity index (χ1n) is 8.94. The Bertz CT molecular complexity index is 1150. The first-order chi connectivity index (χ1) is 14.7. The largest absolute Gasteiger partial charge is 0.435 e. The molecule has 10 heteroatoms. The van der Waals surface area contributed by atoms with E-state index in [1.165, 1.54) is 36.4 Å². The summed E-state index contributed by atoms with van der Waals surface area (Å²) >= 11 is 0. The van der Waals surface area contributed by atoms with Crippen LogP contribution in [0.25, 0.3) is 0 Å². The molecule has 0 aliphatic carbocycles. The Morgan fingerprint density at radius 1 is 0.935 bits per heavy atom. The van der Waals surface area contributed by atoms with Gasteiger partial charge in [0.05, 0.1) is 16.1 Å². The van der Waals surface area contributed by atoms with E-state index in [1.807, 2.05) is 0 Å². The summed E-state index contributed by atoms with van der Waals surface area (Å²) in [6, 6.07) is 16.0. The van der Waals surface area contributed by atoms with Gasteiger partial charge in [0.1, 0.15) is 11.6 Å². The third kappa shape index (κ3) is 5.98. The van der Waals surface area contributed by atoms with E-state index in [-0.39, 0.29) is 28.4 Å². The minimum atomic E-state index is -4.04. The molecule has 3 aromatic rings. The topological polar surface area (TPSA) is 84.5 Å². The number of alkyl halides is 2. The maximum atomic E-state index is 13.1. The number of hydrogen-bond donors (Lipinski definition) is 2. The SMILES string of the molecule is O=C(NCc1ccc(OC(F)F)cc1)c1ccccc1NS(=O)(=O)c1ccc(F)cc1. The fourth-order valence-electron chi connectivity index (χ4n) is 2.65. The van der Waals surface area contributed by atoms with Gasteiger partial charge in [0.25, 0.3) is 15.9 Å². The van der Waals surface area contributed by atoms with Crippen LogP contribution in [0, 0.1) is 5.82 Å². The van der Waals surface area contributed by atoms with Gasteiger partial charge in [-0.1, -0.05) is 24.3 Å². The molecule has 0 saturated heterocycles. The Kier molecular flexibility index (Phi) is 6.81. The quantitative estimate of drug-likeness (QED) is 0.540. The maximum absolute atomic E-state index is 13.1. The second-order valence-corrected chi connectivity index (χ2v) is 7.99. The van der Waals surface area contributed by atoms with Crippen molar-refractivity contribution in [3.8, 4) is 5.75 Å². The molecule has 0 spiro atoms. The van der Waals surface area contributed by atoms with Crippen LogP contribution in [0.5, 0.6) is 5.75 Å². The summed E-state index contributed by atoms with van der Waals surface area (Å²) < 4.78 is 69.1. The summed E-state index contributed by atoms with van der Waals surface area (Å²) in [5.74, 6) is -1.14. The van der Waals surface area contributed by atoms with Gasteiger partial charge in [-0.05, 0) is 54.1 Å². The number of sulfonamides is 1. The Morgan fingerprint density at radius 2 is 1.58 bits per heavy atom. The van der Waals surface area contributed by atoms with Crippen molar-refractivity contribution >= 4 is 21.6 Å². The standard InChI is InChI=1S/C21H17F3N2O4S/c22-15-7-11-17(12-8-15)31(28,29)26-19-4-2-1-3-18(19)20(27)25-13-14-5-9-16(10-6-14)30-21(23)24/h1-12,21,26H,13H2,(H,25,27). The van der Waals surface area contributed by atoms with Crippen LogP contribution in [0.1, 0.15) is 15.9 Å². The number of carbonyl (C=O) groups is 1. The number of benzene rings is 3. The molecule has 0 aliphatic heterocycles. The third-order valence-corrected chi connectivity index (χ3v) is 5.52. The van der Waals surface area contributed by atoms with Crippen LogP contribution in [0.3, 0.4) is 0 Å². The molecule has 0 heterocycles. The first kappa shape index (κ1) is 22.2. The van der Waals surface area contributed by atoms with Gasteiger partial charge in [-0.3, -0.25) is 9.52 Å². The van der Waals surface area contributed by atoms with Crippen molar-refractivity contribution in [1.29, 1.82) is 0 Å². The molecule has 2 N–H and O–H groups in total. The van der Waals surface area contributed by atoms with Crippen LogP contribution in [0.2, 0.25) is 0 Å². The van der Waals surface area contributed by atoms with E-state index >= 15 is 0 Å². The molecule has 0 unspecified atom stereocenters. The van der Waals surface area contributed by atoms with Gasteiger partial charge in [0.2, 0.25) is 0 Å². The van der Waals surface area contributed by atoms with Crippen LogP contribution < -0.4 is 14.8 Å². The lowest BCUT2D eigenvalue weighted by Crippen LogP contribution is -2.25. The average Bonchev–Trinajstić information content (AvgIpc) is 2.73. The molecule has 0 bridgehead atoms. The summed E-state index contributed by atoms with van der Waals surface area (Å²) in [6.45, 7) is -2.85. The molecule has 0 aromatic heterocycles. The van der Waals surface area contributed by atoms with Crippen LogP contribution >= 0.6 is 0 Å². The fourth-order valence-corrected chi connectivity index (χ4v) is 3.73. The first-order valence-corrected chi connectivity index (χ1v) is 10.4. The minimum Gasteiger partial charge on any atom is -0.435 e. The van der Waals surface area contributed by atoms with Crippen molar-refractivity contribution in [3.63, 3.8) is 0 Å². The average molecular weight is 450 g/mol. The summed E-state index contributed by atoms with van der Waals surface area (Å²) in [5, 5.41) is 2.64. The number of para-hydroxylation sites is 1. The predicted octanol–water partition coefficient (Wildman–Crippen LogP) is 4.16. The van der Waals surface area contributed by atoms with Gasteiger partial charge < -0.3 is 10.1 Å². The summed E-state index contributed by atoms with van der Waals surface area (Å²) in [5.41, 5.74) is 0.746. The molecule has 0 aliphatic rings. The molecule has 1 amide bonds. The van der Waals surface area contributed by atoms with E-state index < -0.39 is 28.4 Å². The molecule has 31 heavy (non-hydrogen) atoms. The second kappa shape index (κ2) is 9.52. The predicted molar refractivity (Wildman–Crippen MR) is 108 cm³/mol. The lowest BCUT2D eigenvalue weighted by Gasteiger charge is -2.13. The van der Waals surface area contributed by atoms with Gasteiger partial charge in [-0.15, -0.1) is 0 Å². The number of amides is 1. The van der Waals surface area contributed by atoms with Gasteiger partial charge in [-0.25, -0.2) is 12.8 Å². The molecule has 0 saturated carbocycles. The molecule has 0 atom stereocenters. The zero-order valence-corrected chi connectivity index (χ0v) is 16.7. The zero-order valence-electron chi connectivity index (χ0n) is 15.9. The van der Waals surface area contributed by atoms with Crippen LogP contribution in [-0.2, 0) is 16.6 Å². The van der Waals surface area contributed by atoms with Gasteiger partial charge in [0.15, 0.2) is 0 Å². The maximum Gasteiger partial charge on any atom is 0.387 e. The molecule has 3 rings (SSSR count). The van der Waals surface area contributed by atoms with Crippen molar-refractivity contribution in [1.82, 2.24) is 5.32 Å². The highest BCUT2D eigenvalue weighted by molar-refractivity contribution is 7.92. The monoisotopic (exact) mass is 450 g/mol. The van der Waals surface area contributed by atoms with E-state index in [1.54, 1.807) is 12.1 Å². The van der Waals surface area contributed by atoms with Gasteiger partial charge in [-0.2, -0.15) is 8.78 Å². The Balaban J connectivity index is 1.70. The van der Waals surface area contributed by atoms with Crippen LogP contribution in [-0.4, -0.2) is 20.9 Å². The molecule has 162 valence electrons. The number of rotatable bonds is 8. The highest BCUT2D eigenvalue weighted by Gasteiger charge is 2.18. The fraction of sp³-hybridized carbons (Fsp3) is 0.0952. The smallest absolute Gasteiger partial charge is 0.387 e. The Morgan fingerprint density at radius 3 is 2.23 bits per heavy atom. The van der Waals surface area contributed by atoms with Crippen molar-refractivity contribution in [2.45, 2.75) is 18.1 Å². The number of hydrogen-bond acceptors (Lipinski definition) is 4. The van der Waals surface area contributed by atoms with Gasteiger partial charge in [0, 0.05) is 6.54 Å². The van der Waals surface area contributed by atoms with Crippen molar-refractivity contribution in [3.05, 3.63) is 89.7 Å². The Hall–Kier alpha value is -3.53. The lowest BCUT2D eigenvalue weighted by atomic mass is 10.1. The summed E-state index contributed by atoms with van der Waals surface area (Å²) in [6.07, 6.45) is 0. The summed E-state index contributed by atoms with van der Waals surface area (Å²) in [7, 11) is -4.04. The molecule has 6 nitrogen and oxygen atoms in total. The molecular formula is C21H17F3N2O4S. The van der Waals surface area contributed by atoms with E-state index in [0.717, 1.165) is 24.3 Å². The highest BCUT2D eigenvalue weighted by Crippen LogP contribution is 2.21. The van der Waals surface area contributed by atoms with Crippen molar-refractivity contribution in [2.75, 3.05) is 4.72 Å². The lowest BCUT2D eigenvalue weighted by molar-refractivity contribution is -0.0498. The Labute approximate surface area is 176 Å². The number of ether oxygens (including phenoxy) is 1. The van der Waals surface area contributed by atoms with Crippen LogP contribution in [0.15, 0.2) is 77.7 Å². The molecule has 0 radical (unpaired) electrons. The highest BCUT2D eigenvalue weighted by atomic mass is 32.2. The second-order valence-electron chi connectivity index (χ2n) is 6.31. The summed E-state index contributed by atoms with van der Waals surface area (Å²) in [4.78, 5) is 12.4. The number of nitrogens with one attached hydrogen (secondary N) is 2. The van der Waals surface area contributed by atoms with Crippen molar-refractivity contribution in [2.24, 2.45) is 0 Å².